The third-order valence-electron chi connectivity index (χ3n) is 1.97. The van der Waals surface area contributed by atoms with Crippen LogP contribution in [0.5, 0.6) is 0 Å². The number of H-pyrrole nitrogens is 1. The summed E-state index contributed by atoms with van der Waals surface area (Å²) in [6, 6.07) is 7.59. The van der Waals surface area contributed by atoms with Gasteiger partial charge in [-0.2, -0.15) is 0 Å². The number of fused-ring (bicyclic) bond motifs is 1. The summed E-state index contributed by atoms with van der Waals surface area (Å²) < 4.78 is 0. The van der Waals surface area contributed by atoms with E-state index in [-0.39, 0.29) is 0 Å². The fraction of sp³-hybridized carbons (Fsp3) is 0. The van der Waals surface area contributed by atoms with Crippen LogP contribution in [0, 0.1) is 10.1 Å². The Morgan fingerprint density at radius 3 is 3.00 bits per heavy atom. The molecule has 2 aromatic rings. The maximum atomic E-state index is 10.1. The van der Waals surface area contributed by atoms with Crippen molar-refractivity contribution in [2.24, 2.45) is 0 Å². The number of rotatable bonds is 2. The van der Waals surface area contributed by atoms with E-state index in [1.165, 1.54) is 6.08 Å². The fourth-order valence-corrected chi connectivity index (χ4v) is 1.32. The minimum Gasteiger partial charge on any atom is -0.361 e. The van der Waals surface area contributed by atoms with Crippen molar-refractivity contribution in [1.29, 1.82) is 0 Å². The summed E-state index contributed by atoms with van der Waals surface area (Å²) in [6.07, 6.45) is 4.25. The minimum absolute atomic E-state index is 0.473. The lowest BCUT2D eigenvalue weighted by molar-refractivity contribution is -0.400. The molecule has 0 amide bonds. The number of aromatic nitrogens is 1. The molecule has 0 bridgehead atoms. The van der Waals surface area contributed by atoms with Crippen LogP contribution < -0.4 is 0 Å². The highest BCUT2D eigenvalue weighted by atomic mass is 16.6. The quantitative estimate of drug-likeness (QED) is 0.581. The Balaban J connectivity index is 2.39. The lowest BCUT2D eigenvalue weighted by Gasteiger charge is -1.92. The molecule has 0 spiro atoms. The molecule has 0 fully saturated rings. The van der Waals surface area contributed by atoms with Crippen LogP contribution in [0.4, 0.5) is 0 Å². The number of hydrogen-bond donors (Lipinski definition) is 1. The van der Waals surface area contributed by atoms with E-state index in [1.807, 2.05) is 30.5 Å². The molecule has 0 saturated carbocycles. The predicted molar refractivity (Wildman–Crippen MR) is 54.3 cm³/mol. The summed E-state index contributed by atoms with van der Waals surface area (Å²) in [7, 11) is 0. The van der Waals surface area contributed by atoms with Gasteiger partial charge in [0.25, 0.3) is 0 Å². The zero-order valence-electron chi connectivity index (χ0n) is 7.31. The van der Waals surface area contributed by atoms with Crippen LogP contribution in [0.3, 0.4) is 0 Å². The number of benzene rings is 1. The number of nitrogens with zero attached hydrogens (tertiary/aromatic N) is 1. The van der Waals surface area contributed by atoms with Crippen molar-refractivity contribution >= 4 is 17.0 Å². The summed E-state index contributed by atoms with van der Waals surface area (Å²) in [5, 5.41) is 11.2. The first-order chi connectivity index (χ1) is 6.75. The van der Waals surface area contributed by atoms with E-state index in [0.29, 0.717) is 0 Å². The number of aromatic amines is 1. The topological polar surface area (TPSA) is 58.9 Å². The zero-order chi connectivity index (χ0) is 9.97. The molecule has 2 rings (SSSR count). The Morgan fingerprint density at radius 1 is 1.36 bits per heavy atom. The molecule has 0 atom stereocenters. The van der Waals surface area contributed by atoms with Crippen molar-refractivity contribution in [2.45, 2.75) is 0 Å². The highest BCUT2D eigenvalue weighted by Gasteiger charge is 1.95. The predicted octanol–water partition coefficient (Wildman–Crippen LogP) is 2.42. The Morgan fingerprint density at radius 2 is 2.21 bits per heavy atom. The van der Waals surface area contributed by atoms with E-state index in [2.05, 4.69) is 4.98 Å². The van der Waals surface area contributed by atoms with Crippen molar-refractivity contribution in [3.8, 4) is 0 Å². The van der Waals surface area contributed by atoms with E-state index >= 15 is 0 Å². The molecule has 70 valence electrons. The number of nitro groups is 1. The molecule has 0 radical (unpaired) electrons. The summed E-state index contributed by atoms with van der Waals surface area (Å²) >= 11 is 0. The van der Waals surface area contributed by atoms with Crippen LogP contribution in [0.2, 0.25) is 0 Å². The van der Waals surface area contributed by atoms with Gasteiger partial charge in [0.1, 0.15) is 0 Å². The molecule has 0 aliphatic rings. The fourth-order valence-electron chi connectivity index (χ4n) is 1.32. The highest BCUT2D eigenvalue weighted by molar-refractivity contribution is 5.81. The second kappa shape index (κ2) is 3.33. The molecule has 1 N–H and O–H groups in total. The molecule has 0 saturated heterocycles. The largest absolute Gasteiger partial charge is 0.361 e. The lowest BCUT2D eigenvalue weighted by Crippen LogP contribution is -1.82. The Bertz CT molecular complexity index is 500. The van der Waals surface area contributed by atoms with E-state index in [1.54, 1.807) is 0 Å². The molecule has 1 aromatic carbocycles. The molecular weight excluding hydrogens is 180 g/mol. The third-order valence-corrected chi connectivity index (χ3v) is 1.97. The van der Waals surface area contributed by atoms with Crippen molar-refractivity contribution in [2.75, 3.05) is 0 Å². The SMILES string of the molecule is O=[N+]([O-])C=Cc1ccc2cc[nH]c2c1. The molecular formula is C10H8N2O2. The van der Waals surface area contributed by atoms with Gasteiger partial charge in [0.05, 0.1) is 4.92 Å². The van der Waals surface area contributed by atoms with Gasteiger partial charge in [-0.3, -0.25) is 10.1 Å². The molecule has 0 aliphatic carbocycles. The normalized spacial score (nSPS) is 11.1. The standard InChI is InChI=1S/C10H8N2O2/c13-12(14)6-4-8-1-2-9-3-5-11-10(9)7-8/h1-7,11H. The minimum atomic E-state index is -0.473. The average Bonchev–Trinajstić information content (AvgIpc) is 2.61. The summed E-state index contributed by atoms with van der Waals surface area (Å²) in [6.45, 7) is 0. The van der Waals surface area contributed by atoms with Gasteiger partial charge < -0.3 is 4.98 Å². The molecule has 1 aromatic heterocycles. The number of nitrogens with one attached hydrogen (secondary N) is 1. The van der Waals surface area contributed by atoms with Gasteiger partial charge >= 0.3 is 0 Å². The second-order valence-corrected chi connectivity index (χ2v) is 2.93. The van der Waals surface area contributed by atoms with E-state index in [0.717, 1.165) is 22.7 Å². The smallest absolute Gasteiger partial charge is 0.235 e. The van der Waals surface area contributed by atoms with Crippen molar-refractivity contribution in [3.05, 3.63) is 52.3 Å². The van der Waals surface area contributed by atoms with Crippen LogP contribution in [0.25, 0.3) is 17.0 Å². The van der Waals surface area contributed by atoms with E-state index < -0.39 is 4.92 Å². The van der Waals surface area contributed by atoms with Crippen molar-refractivity contribution < 1.29 is 4.92 Å². The Labute approximate surface area is 80.0 Å². The zero-order valence-corrected chi connectivity index (χ0v) is 7.31. The van der Waals surface area contributed by atoms with Crippen LogP contribution >= 0.6 is 0 Å². The molecule has 14 heavy (non-hydrogen) atoms. The average molecular weight is 188 g/mol. The second-order valence-electron chi connectivity index (χ2n) is 2.93. The van der Waals surface area contributed by atoms with Gasteiger partial charge in [0, 0.05) is 17.8 Å². The summed E-state index contributed by atoms with van der Waals surface area (Å²) in [5.74, 6) is 0. The first-order valence-electron chi connectivity index (χ1n) is 4.14. The van der Waals surface area contributed by atoms with Crippen LogP contribution in [0.1, 0.15) is 5.56 Å². The van der Waals surface area contributed by atoms with Gasteiger partial charge in [-0.25, -0.2) is 0 Å². The van der Waals surface area contributed by atoms with Crippen LogP contribution in [-0.2, 0) is 0 Å². The molecule has 4 heteroatoms. The first-order valence-corrected chi connectivity index (χ1v) is 4.14. The van der Waals surface area contributed by atoms with Crippen molar-refractivity contribution in [1.82, 2.24) is 4.98 Å². The van der Waals surface area contributed by atoms with Crippen LogP contribution in [-0.4, -0.2) is 9.91 Å². The highest BCUT2D eigenvalue weighted by Crippen LogP contribution is 2.14. The first kappa shape index (κ1) is 8.50. The third kappa shape index (κ3) is 1.64. The lowest BCUT2D eigenvalue weighted by atomic mass is 10.1. The van der Waals surface area contributed by atoms with Gasteiger partial charge in [-0.15, -0.1) is 0 Å². The van der Waals surface area contributed by atoms with E-state index in [4.69, 9.17) is 0 Å². The van der Waals surface area contributed by atoms with Gasteiger partial charge in [0.2, 0.25) is 6.20 Å². The summed E-state index contributed by atoms with van der Waals surface area (Å²) in [4.78, 5) is 12.7. The van der Waals surface area contributed by atoms with Gasteiger partial charge in [-0.1, -0.05) is 12.1 Å². The Hall–Kier alpha value is -2.10. The van der Waals surface area contributed by atoms with E-state index in [9.17, 15) is 10.1 Å². The van der Waals surface area contributed by atoms with Crippen LogP contribution in [0.15, 0.2) is 36.7 Å². The van der Waals surface area contributed by atoms with Crippen molar-refractivity contribution in [3.63, 3.8) is 0 Å². The molecule has 4 nitrogen and oxygen atoms in total. The monoisotopic (exact) mass is 188 g/mol. The summed E-state index contributed by atoms with van der Waals surface area (Å²) in [5.41, 5.74) is 1.80. The molecule has 0 unspecified atom stereocenters. The molecule has 0 aliphatic heterocycles. The Kier molecular flexibility index (Phi) is 2.02. The van der Waals surface area contributed by atoms with Gasteiger partial charge in [0.15, 0.2) is 0 Å². The molecule has 1 heterocycles. The maximum Gasteiger partial charge on any atom is 0.235 e. The van der Waals surface area contributed by atoms with Gasteiger partial charge in [-0.05, 0) is 23.1 Å². The maximum absolute atomic E-state index is 10.1. The number of hydrogen-bond acceptors (Lipinski definition) is 2.